The zero-order valence-electron chi connectivity index (χ0n) is 10.4. The molecule has 0 heterocycles. The third kappa shape index (κ3) is 4.16. The van der Waals surface area contributed by atoms with Crippen molar-refractivity contribution in [1.29, 1.82) is 0 Å². The Hall–Kier alpha value is -0.670. The van der Waals surface area contributed by atoms with E-state index in [4.69, 9.17) is 27.7 Å². The molecule has 0 aromatic heterocycles. The maximum atomic E-state index is 12.5. The van der Waals surface area contributed by atoms with Crippen LogP contribution in [0.5, 0.6) is 5.75 Å². The molecule has 0 fully saturated rings. The second-order valence-corrected chi connectivity index (χ2v) is 7.91. The minimum atomic E-state index is -3.12. The van der Waals surface area contributed by atoms with E-state index in [2.05, 4.69) is 21.0 Å². The van der Waals surface area contributed by atoms with E-state index in [1.54, 1.807) is 30.3 Å². The van der Waals surface area contributed by atoms with E-state index in [1.165, 1.54) is 6.66 Å². The van der Waals surface area contributed by atoms with E-state index in [9.17, 15) is 4.57 Å². The standard InChI is InChI=1S/C13H11BrCl2NO2P/c1-20(18,17-10-5-2-4-9(14)8-10)19-12-7-3-6-11(15)13(12)16/h2-8H,1H3,(H,17,18). The lowest BCUT2D eigenvalue weighted by Gasteiger charge is -2.18. The van der Waals surface area contributed by atoms with Crippen molar-refractivity contribution in [2.75, 3.05) is 11.8 Å². The largest absolute Gasteiger partial charge is 0.427 e. The molecule has 0 aliphatic heterocycles. The van der Waals surface area contributed by atoms with Gasteiger partial charge in [0.1, 0.15) is 10.8 Å². The molecule has 0 spiro atoms. The number of hydrogen-bond acceptors (Lipinski definition) is 2. The molecular weight excluding hydrogens is 384 g/mol. The molecule has 2 rings (SSSR count). The first kappa shape index (κ1) is 15.7. The molecule has 2 aromatic carbocycles. The summed E-state index contributed by atoms with van der Waals surface area (Å²) in [7, 11) is -3.12. The maximum Gasteiger partial charge on any atom is 0.338 e. The number of benzene rings is 2. The lowest BCUT2D eigenvalue weighted by atomic mass is 10.3. The van der Waals surface area contributed by atoms with Gasteiger partial charge in [-0.3, -0.25) is 4.57 Å². The number of nitrogens with one attached hydrogen (secondary N) is 1. The summed E-state index contributed by atoms with van der Waals surface area (Å²) < 4.78 is 18.8. The second-order valence-electron chi connectivity index (χ2n) is 4.11. The highest BCUT2D eigenvalue weighted by atomic mass is 79.9. The fourth-order valence-corrected chi connectivity index (χ4v) is 3.52. The van der Waals surface area contributed by atoms with Gasteiger partial charge < -0.3 is 9.61 Å². The number of rotatable bonds is 4. The van der Waals surface area contributed by atoms with Gasteiger partial charge >= 0.3 is 7.52 Å². The summed E-state index contributed by atoms with van der Waals surface area (Å²) >= 11 is 15.3. The lowest BCUT2D eigenvalue weighted by Crippen LogP contribution is -2.02. The van der Waals surface area contributed by atoms with E-state index in [0.29, 0.717) is 10.7 Å². The minimum Gasteiger partial charge on any atom is -0.427 e. The second kappa shape index (κ2) is 6.40. The Morgan fingerprint density at radius 2 is 1.90 bits per heavy atom. The first-order valence-corrected chi connectivity index (χ1v) is 9.24. The summed E-state index contributed by atoms with van der Waals surface area (Å²) in [5, 5.41) is 3.45. The highest BCUT2D eigenvalue weighted by Gasteiger charge is 2.19. The van der Waals surface area contributed by atoms with Gasteiger partial charge in [-0.05, 0) is 30.3 Å². The van der Waals surface area contributed by atoms with Crippen molar-refractivity contribution in [3.63, 3.8) is 0 Å². The molecule has 0 bridgehead atoms. The van der Waals surface area contributed by atoms with E-state index >= 15 is 0 Å². The summed E-state index contributed by atoms with van der Waals surface area (Å²) in [5.74, 6) is 0.285. The van der Waals surface area contributed by atoms with Gasteiger partial charge in [0, 0.05) is 16.8 Å². The molecule has 0 aliphatic carbocycles. The minimum absolute atomic E-state index is 0.243. The highest BCUT2D eigenvalue weighted by molar-refractivity contribution is 9.10. The summed E-state index contributed by atoms with van der Waals surface area (Å²) in [5.41, 5.74) is 0.684. The van der Waals surface area contributed by atoms with Crippen molar-refractivity contribution < 1.29 is 9.09 Å². The number of hydrogen-bond donors (Lipinski definition) is 1. The first-order chi connectivity index (χ1) is 9.37. The smallest absolute Gasteiger partial charge is 0.338 e. The van der Waals surface area contributed by atoms with Crippen LogP contribution < -0.4 is 9.61 Å². The lowest BCUT2D eigenvalue weighted by molar-refractivity contribution is 0.493. The third-order valence-corrected chi connectivity index (χ3v) is 4.85. The fourth-order valence-electron chi connectivity index (χ4n) is 1.56. The zero-order chi connectivity index (χ0) is 14.8. The van der Waals surface area contributed by atoms with E-state index in [-0.39, 0.29) is 10.8 Å². The van der Waals surface area contributed by atoms with Crippen LogP contribution in [0.3, 0.4) is 0 Å². The van der Waals surface area contributed by atoms with Crippen molar-refractivity contribution in [3.8, 4) is 5.75 Å². The topological polar surface area (TPSA) is 38.3 Å². The van der Waals surface area contributed by atoms with Crippen LogP contribution in [-0.2, 0) is 4.57 Å². The Labute approximate surface area is 135 Å². The molecule has 0 saturated carbocycles. The molecule has 0 amide bonds. The maximum absolute atomic E-state index is 12.5. The average Bonchev–Trinajstić information content (AvgIpc) is 2.34. The van der Waals surface area contributed by atoms with Gasteiger partial charge in [-0.25, -0.2) is 0 Å². The van der Waals surface area contributed by atoms with Crippen molar-refractivity contribution >= 4 is 52.3 Å². The molecule has 0 saturated heterocycles. The van der Waals surface area contributed by atoms with Gasteiger partial charge in [0.25, 0.3) is 0 Å². The highest BCUT2D eigenvalue weighted by Crippen LogP contribution is 2.46. The molecule has 3 nitrogen and oxygen atoms in total. The van der Waals surface area contributed by atoms with Crippen molar-refractivity contribution in [3.05, 3.63) is 57.0 Å². The van der Waals surface area contributed by atoms with Crippen LogP contribution in [0, 0.1) is 0 Å². The molecular formula is C13H11BrCl2NO2P. The predicted molar refractivity (Wildman–Crippen MR) is 88.4 cm³/mol. The average molecular weight is 395 g/mol. The molecule has 0 aliphatic rings. The quantitative estimate of drug-likeness (QED) is 0.639. The Bertz CT molecular complexity index is 681. The molecule has 1 atom stereocenters. The first-order valence-electron chi connectivity index (χ1n) is 5.62. The number of anilines is 1. The van der Waals surface area contributed by atoms with Crippen LogP contribution in [0.2, 0.25) is 10.0 Å². The molecule has 2 aromatic rings. The van der Waals surface area contributed by atoms with Crippen molar-refractivity contribution in [2.45, 2.75) is 0 Å². The molecule has 1 N–H and O–H groups in total. The van der Waals surface area contributed by atoms with Crippen molar-refractivity contribution in [2.24, 2.45) is 0 Å². The van der Waals surface area contributed by atoms with E-state index in [0.717, 1.165) is 4.47 Å². The Balaban J connectivity index is 2.19. The van der Waals surface area contributed by atoms with Gasteiger partial charge in [-0.2, -0.15) is 0 Å². The molecule has 0 radical (unpaired) electrons. The molecule has 106 valence electrons. The van der Waals surface area contributed by atoms with Crippen molar-refractivity contribution in [1.82, 2.24) is 0 Å². The summed E-state index contributed by atoms with van der Waals surface area (Å²) in [6.45, 7) is 1.48. The van der Waals surface area contributed by atoms with Gasteiger partial charge in [0.2, 0.25) is 0 Å². The number of halogens is 3. The van der Waals surface area contributed by atoms with Crippen LogP contribution in [0.1, 0.15) is 0 Å². The van der Waals surface area contributed by atoms with E-state index < -0.39 is 7.52 Å². The Kier molecular flexibility index (Phi) is 5.03. The SMILES string of the molecule is CP(=O)(Nc1cccc(Br)c1)Oc1cccc(Cl)c1Cl. The predicted octanol–water partition coefficient (Wildman–Crippen LogP) is 6.07. The van der Waals surface area contributed by atoms with Crippen LogP contribution >= 0.6 is 46.7 Å². The van der Waals surface area contributed by atoms with Crippen LogP contribution in [0.4, 0.5) is 5.69 Å². The third-order valence-electron chi connectivity index (χ3n) is 2.35. The Morgan fingerprint density at radius 3 is 2.60 bits per heavy atom. The molecule has 1 unspecified atom stereocenters. The molecule has 20 heavy (non-hydrogen) atoms. The van der Waals surface area contributed by atoms with E-state index in [1.807, 2.05) is 12.1 Å². The molecule has 7 heteroatoms. The van der Waals surface area contributed by atoms with Gasteiger partial charge in [0.15, 0.2) is 0 Å². The summed E-state index contributed by atoms with van der Waals surface area (Å²) in [6.07, 6.45) is 0. The van der Waals surface area contributed by atoms with Gasteiger partial charge in [-0.1, -0.05) is 51.3 Å². The zero-order valence-corrected chi connectivity index (χ0v) is 14.4. The fraction of sp³-hybridized carbons (Fsp3) is 0.0769. The Morgan fingerprint density at radius 1 is 1.20 bits per heavy atom. The van der Waals surface area contributed by atoms with Gasteiger partial charge in [-0.15, -0.1) is 0 Å². The van der Waals surface area contributed by atoms with Crippen LogP contribution in [0.15, 0.2) is 46.9 Å². The van der Waals surface area contributed by atoms with Crippen LogP contribution in [-0.4, -0.2) is 6.66 Å². The van der Waals surface area contributed by atoms with Crippen LogP contribution in [0.25, 0.3) is 0 Å². The van der Waals surface area contributed by atoms with Gasteiger partial charge in [0.05, 0.1) is 5.02 Å². The summed E-state index contributed by atoms with van der Waals surface area (Å²) in [4.78, 5) is 0. The normalized spacial score (nSPS) is 13.6. The summed E-state index contributed by atoms with van der Waals surface area (Å²) in [6, 6.07) is 12.2. The monoisotopic (exact) mass is 393 g/mol.